The molecule has 2 rings (SSSR count). The number of nitrogens with one attached hydrogen (secondary N) is 1. The Hall–Kier alpha value is -1.77. The van der Waals surface area contributed by atoms with Gasteiger partial charge in [0.2, 0.25) is 0 Å². The summed E-state index contributed by atoms with van der Waals surface area (Å²) in [6, 6.07) is 7.00. The minimum Gasteiger partial charge on any atom is -0.508 e. The fraction of sp³-hybridized carbons (Fsp3) is 0. The highest BCUT2D eigenvalue weighted by atomic mass is 16.3. The summed E-state index contributed by atoms with van der Waals surface area (Å²) >= 11 is 0. The number of aromatic hydroxyl groups is 1. The molecule has 1 heterocycles. The number of aromatic nitrogens is 2. The van der Waals surface area contributed by atoms with E-state index in [0.717, 1.165) is 11.1 Å². The molecule has 2 aromatic rings. The van der Waals surface area contributed by atoms with Gasteiger partial charge in [-0.15, -0.1) is 0 Å². The number of H-pyrrole nitrogens is 1. The summed E-state index contributed by atoms with van der Waals surface area (Å²) in [7, 11) is 0. The Kier molecular flexibility index (Phi) is 1.55. The number of benzene rings is 1. The van der Waals surface area contributed by atoms with E-state index in [0.29, 0.717) is 0 Å². The number of rotatable bonds is 1. The minimum atomic E-state index is 0.280. The zero-order valence-corrected chi connectivity index (χ0v) is 6.36. The molecule has 0 aliphatic rings. The normalized spacial score (nSPS) is 10.0. The second-order valence-corrected chi connectivity index (χ2v) is 2.53. The Labute approximate surface area is 69.7 Å². The molecule has 0 fully saturated rings. The van der Waals surface area contributed by atoms with Gasteiger partial charge in [0.15, 0.2) is 0 Å². The average Bonchev–Trinajstić information content (AvgIpc) is 2.58. The average molecular weight is 160 g/mol. The number of hydrogen-bond acceptors (Lipinski definition) is 2. The van der Waals surface area contributed by atoms with E-state index in [1.807, 2.05) is 18.3 Å². The van der Waals surface area contributed by atoms with Crippen molar-refractivity contribution in [3.63, 3.8) is 0 Å². The highest BCUT2D eigenvalue weighted by Gasteiger charge is 1.96. The van der Waals surface area contributed by atoms with Crippen molar-refractivity contribution in [3.05, 3.63) is 36.7 Å². The Morgan fingerprint density at radius 2 is 1.83 bits per heavy atom. The molecule has 0 amide bonds. The van der Waals surface area contributed by atoms with Crippen LogP contribution in [0.15, 0.2) is 36.7 Å². The summed E-state index contributed by atoms with van der Waals surface area (Å²) in [5.74, 6) is 0.280. The largest absolute Gasteiger partial charge is 0.508 e. The lowest BCUT2D eigenvalue weighted by Crippen LogP contribution is -1.71. The van der Waals surface area contributed by atoms with Crippen molar-refractivity contribution >= 4 is 0 Å². The summed E-state index contributed by atoms with van der Waals surface area (Å²) in [5, 5.41) is 15.6. The molecule has 0 radical (unpaired) electrons. The zero-order chi connectivity index (χ0) is 8.39. The molecule has 1 aromatic carbocycles. The number of phenols is 1. The van der Waals surface area contributed by atoms with Crippen LogP contribution in [0.2, 0.25) is 0 Å². The van der Waals surface area contributed by atoms with Crippen LogP contribution in [0.25, 0.3) is 11.1 Å². The standard InChI is InChI=1S/C9H8N2O/c12-9-3-1-7(2-4-9)8-5-10-11-6-8/h1-6,12H,(H,10,11). The summed E-state index contributed by atoms with van der Waals surface area (Å²) in [6.07, 6.45) is 3.55. The predicted octanol–water partition coefficient (Wildman–Crippen LogP) is 1.78. The topological polar surface area (TPSA) is 48.9 Å². The monoisotopic (exact) mass is 160 g/mol. The van der Waals surface area contributed by atoms with E-state index >= 15 is 0 Å². The SMILES string of the molecule is Oc1ccc(-c2cn[nH]c2)cc1. The molecular formula is C9H8N2O. The van der Waals surface area contributed by atoms with Gasteiger partial charge in [0.05, 0.1) is 6.20 Å². The molecule has 0 saturated carbocycles. The van der Waals surface area contributed by atoms with Crippen molar-refractivity contribution in [2.24, 2.45) is 0 Å². The van der Waals surface area contributed by atoms with Crippen LogP contribution in [0, 0.1) is 0 Å². The van der Waals surface area contributed by atoms with Gasteiger partial charge in [-0.3, -0.25) is 5.10 Å². The highest BCUT2D eigenvalue weighted by Crippen LogP contribution is 2.19. The Morgan fingerprint density at radius 3 is 2.42 bits per heavy atom. The fourth-order valence-corrected chi connectivity index (χ4v) is 1.06. The lowest BCUT2D eigenvalue weighted by atomic mass is 10.1. The van der Waals surface area contributed by atoms with Crippen molar-refractivity contribution in [1.82, 2.24) is 10.2 Å². The molecule has 0 atom stereocenters. The van der Waals surface area contributed by atoms with Crippen molar-refractivity contribution in [2.75, 3.05) is 0 Å². The van der Waals surface area contributed by atoms with Crippen LogP contribution in [0.1, 0.15) is 0 Å². The van der Waals surface area contributed by atoms with Gasteiger partial charge < -0.3 is 5.11 Å². The van der Waals surface area contributed by atoms with E-state index in [9.17, 15) is 0 Å². The minimum absolute atomic E-state index is 0.280. The zero-order valence-electron chi connectivity index (χ0n) is 6.36. The Balaban J connectivity index is 2.43. The van der Waals surface area contributed by atoms with Crippen molar-refractivity contribution in [3.8, 4) is 16.9 Å². The third kappa shape index (κ3) is 1.16. The lowest BCUT2D eigenvalue weighted by molar-refractivity contribution is 0.475. The van der Waals surface area contributed by atoms with E-state index in [-0.39, 0.29) is 5.75 Å². The van der Waals surface area contributed by atoms with E-state index in [4.69, 9.17) is 5.11 Å². The molecule has 0 spiro atoms. The van der Waals surface area contributed by atoms with Gasteiger partial charge in [0.1, 0.15) is 5.75 Å². The van der Waals surface area contributed by atoms with Crippen LogP contribution in [0.3, 0.4) is 0 Å². The first kappa shape index (κ1) is 6.91. The van der Waals surface area contributed by atoms with Gasteiger partial charge in [-0.1, -0.05) is 12.1 Å². The number of nitrogens with zero attached hydrogens (tertiary/aromatic N) is 1. The summed E-state index contributed by atoms with van der Waals surface area (Å²) in [6.45, 7) is 0. The van der Waals surface area contributed by atoms with Crippen LogP contribution in [-0.4, -0.2) is 15.3 Å². The molecule has 0 unspecified atom stereocenters. The van der Waals surface area contributed by atoms with Crippen LogP contribution in [-0.2, 0) is 0 Å². The Bertz CT molecular complexity index is 351. The van der Waals surface area contributed by atoms with E-state index in [1.165, 1.54) is 0 Å². The third-order valence-corrected chi connectivity index (χ3v) is 1.70. The maximum Gasteiger partial charge on any atom is 0.115 e. The first-order chi connectivity index (χ1) is 5.86. The van der Waals surface area contributed by atoms with Gasteiger partial charge in [0.25, 0.3) is 0 Å². The van der Waals surface area contributed by atoms with Crippen LogP contribution in [0.5, 0.6) is 5.75 Å². The summed E-state index contributed by atoms with van der Waals surface area (Å²) in [4.78, 5) is 0. The highest BCUT2D eigenvalue weighted by molar-refractivity contribution is 5.62. The molecule has 0 aliphatic heterocycles. The second kappa shape index (κ2) is 2.70. The second-order valence-electron chi connectivity index (χ2n) is 2.53. The Morgan fingerprint density at radius 1 is 1.08 bits per heavy atom. The van der Waals surface area contributed by atoms with Crippen molar-refractivity contribution in [1.29, 1.82) is 0 Å². The smallest absolute Gasteiger partial charge is 0.115 e. The van der Waals surface area contributed by atoms with Crippen molar-refractivity contribution < 1.29 is 5.11 Å². The van der Waals surface area contributed by atoms with Gasteiger partial charge >= 0.3 is 0 Å². The molecular weight excluding hydrogens is 152 g/mol. The number of phenolic OH excluding ortho intramolecular Hbond substituents is 1. The van der Waals surface area contributed by atoms with E-state index in [2.05, 4.69) is 10.2 Å². The van der Waals surface area contributed by atoms with Crippen molar-refractivity contribution in [2.45, 2.75) is 0 Å². The molecule has 1 aromatic heterocycles. The fourth-order valence-electron chi connectivity index (χ4n) is 1.06. The summed E-state index contributed by atoms with van der Waals surface area (Å²) in [5.41, 5.74) is 2.07. The third-order valence-electron chi connectivity index (χ3n) is 1.70. The van der Waals surface area contributed by atoms with Gasteiger partial charge in [-0.05, 0) is 17.7 Å². The molecule has 0 aliphatic carbocycles. The lowest BCUT2D eigenvalue weighted by Gasteiger charge is -1.95. The summed E-state index contributed by atoms with van der Waals surface area (Å²) < 4.78 is 0. The first-order valence-electron chi connectivity index (χ1n) is 3.64. The quantitative estimate of drug-likeness (QED) is 0.668. The molecule has 12 heavy (non-hydrogen) atoms. The maximum absolute atomic E-state index is 9.03. The predicted molar refractivity (Wildman–Crippen MR) is 45.7 cm³/mol. The van der Waals surface area contributed by atoms with Gasteiger partial charge in [-0.2, -0.15) is 5.10 Å². The van der Waals surface area contributed by atoms with Gasteiger partial charge in [0, 0.05) is 11.8 Å². The molecule has 0 saturated heterocycles. The molecule has 3 heteroatoms. The van der Waals surface area contributed by atoms with Crippen LogP contribution >= 0.6 is 0 Å². The number of aromatic amines is 1. The molecule has 0 bridgehead atoms. The first-order valence-corrected chi connectivity index (χ1v) is 3.64. The van der Waals surface area contributed by atoms with E-state index < -0.39 is 0 Å². The molecule has 3 nitrogen and oxygen atoms in total. The molecule has 60 valence electrons. The van der Waals surface area contributed by atoms with Gasteiger partial charge in [-0.25, -0.2) is 0 Å². The number of hydrogen-bond donors (Lipinski definition) is 2. The maximum atomic E-state index is 9.03. The van der Waals surface area contributed by atoms with Crippen LogP contribution < -0.4 is 0 Å². The van der Waals surface area contributed by atoms with E-state index in [1.54, 1.807) is 18.3 Å². The van der Waals surface area contributed by atoms with Crippen LogP contribution in [0.4, 0.5) is 0 Å². The molecule has 2 N–H and O–H groups in total.